The van der Waals surface area contributed by atoms with Crippen molar-refractivity contribution in [2.24, 2.45) is 4.99 Å². The fourth-order valence-corrected chi connectivity index (χ4v) is 2.11. The van der Waals surface area contributed by atoms with Gasteiger partial charge < -0.3 is 0 Å². The molecule has 80 valence electrons. The number of allylic oxidation sites excluding steroid dienone is 4. The summed E-state index contributed by atoms with van der Waals surface area (Å²) in [7, 11) is 1.76. The highest BCUT2D eigenvalue weighted by Crippen LogP contribution is 2.40. The van der Waals surface area contributed by atoms with Crippen LogP contribution < -0.4 is 0 Å². The van der Waals surface area contributed by atoms with Gasteiger partial charge in [0.1, 0.15) is 0 Å². The molecule has 0 aliphatic heterocycles. The third kappa shape index (κ3) is 1.34. The number of rotatable bonds is 2. The van der Waals surface area contributed by atoms with Gasteiger partial charge in [0.15, 0.2) is 0 Å². The first-order chi connectivity index (χ1) is 7.70. The van der Waals surface area contributed by atoms with E-state index in [-0.39, 0.29) is 0 Å². The molecule has 0 radical (unpaired) electrons. The molecule has 16 heavy (non-hydrogen) atoms. The number of aliphatic imine (C=N–C) groups is 1. The van der Waals surface area contributed by atoms with Gasteiger partial charge in [0, 0.05) is 36.3 Å². The van der Waals surface area contributed by atoms with Crippen LogP contribution in [-0.2, 0) is 0 Å². The van der Waals surface area contributed by atoms with Crippen molar-refractivity contribution in [3.05, 3.63) is 53.9 Å². The minimum Gasteiger partial charge on any atom is -0.296 e. The van der Waals surface area contributed by atoms with E-state index in [9.17, 15) is 0 Å². The standard InChI is InChI=1S/C14H14N2/c1-5-11-12-6-7-16-10(3)14(12)9(2)13(11)8-15-4/h5-8H,1-2H2,3-4H3. The van der Waals surface area contributed by atoms with Gasteiger partial charge in [0.05, 0.1) is 0 Å². The number of nitrogens with zero attached hydrogens (tertiary/aromatic N) is 2. The van der Waals surface area contributed by atoms with Crippen LogP contribution in [0, 0.1) is 6.92 Å². The highest BCUT2D eigenvalue weighted by molar-refractivity contribution is 6.16. The van der Waals surface area contributed by atoms with Crippen LogP contribution in [0.4, 0.5) is 0 Å². The maximum Gasteiger partial charge on any atom is 0.0457 e. The molecule has 0 saturated heterocycles. The van der Waals surface area contributed by atoms with Crippen LogP contribution in [0.1, 0.15) is 16.8 Å². The number of aryl methyl sites for hydroxylation is 1. The van der Waals surface area contributed by atoms with E-state index in [4.69, 9.17) is 0 Å². The van der Waals surface area contributed by atoms with Crippen LogP contribution in [0.5, 0.6) is 0 Å². The lowest BCUT2D eigenvalue weighted by Gasteiger charge is -2.04. The predicted molar refractivity (Wildman–Crippen MR) is 69.5 cm³/mol. The molecule has 0 atom stereocenters. The van der Waals surface area contributed by atoms with Gasteiger partial charge in [-0.25, -0.2) is 0 Å². The first kappa shape index (κ1) is 10.6. The molecule has 1 aliphatic carbocycles. The lowest BCUT2D eigenvalue weighted by molar-refractivity contribution is 1.18. The van der Waals surface area contributed by atoms with E-state index < -0.39 is 0 Å². The molecule has 0 saturated carbocycles. The normalized spacial score (nSPS) is 14.8. The van der Waals surface area contributed by atoms with Crippen LogP contribution >= 0.6 is 0 Å². The molecule has 1 aliphatic rings. The quantitative estimate of drug-likeness (QED) is 0.689. The molecule has 1 aromatic rings. The van der Waals surface area contributed by atoms with E-state index in [0.29, 0.717) is 0 Å². The second kappa shape index (κ2) is 3.89. The average molecular weight is 210 g/mol. The zero-order chi connectivity index (χ0) is 11.7. The lowest BCUT2D eigenvalue weighted by atomic mass is 10.0. The summed E-state index contributed by atoms with van der Waals surface area (Å²) in [5.74, 6) is 0. The molecule has 0 amide bonds. The van der Waals surface area contributed by atoms with Gasteiger partial charge >= 0.3 is 0 Å². The summed E-state index contributed by atoms with van der Waals surface area (Å²) in [6.45, 7) is 9.97. The predicted octanol–water partition coefficient (Wildman–Crippen LogP) is 3.06. The van der Waals surface area contributed by atoms with Crippen molar-refractivity contribution in [2.75, 3.05) is 7.05 Å². The molecule has 2 rings (SSSR count). The number of pyridine rings is 1. The fourth-order valence-electron chi connectivity index (χ4n) is 2.11. The van der Waals surface area contributed by atoms with Gasteiger partial charge in [0.2, 0.25) is 0 Å². The summed E-state index contributed by atoms with van der Waals surface area (Å²) in [6.07, 6.45) is 5.50. The fraction of sp³-hybridized carbons (Fsp3) is 0.143. The SMILES string of the molecule is C=CC1=C(C=NC)C(=C)c2c1ccnc2C. The van der Waals surface area contributed by atoms with Crippen molar-refractivity contribution in [3.8, 4) is 0 Å². The van der Waals surface area contributed by atoms with E-state index in [2.05, 4.69) is 23.1 Å². The molecule has 0 fully saturated rings. The Kier molecular flexibility index (Phi) is 2.57. The minimum absolute atomic E-state index is 0.987. The van der Waals surface area contributed by atoms with Gasteiger partial charge in [0.25, 0.3) is 0 Å². The zero-order valence-corrected chi connectivity index (χ0v) is 9.62. The van der Waals surface area contributed by atoms with Crippen molar-refractivity contribution in [1.29, 1.82) is 0 Å². The first-order valence-corrected chi connectivity index (χ1v) is 5.15. The van der Waals surface area contributed by atoms with Gasteiger partial charge in [-0.2, -0.15) is 0 Å². The number of hydrogen-bond donors (Lipinski definition) is 0. The van der Waals surface area contributed by atoms with E-state index in [0.717, 1.165) is 33.5 Å². The molecule has 1 aromatic heterocycles. The Morgan fingerprint density at radius 1 is 1.38 bits per heavy atom. The lowest BCUT2D eigenvalue weighted by Crippen LogP contribution is -1.91. The molecule has 2 nitrogen and oxygen atoms in total. The Bertz CT molecular complexity index is 534. The summed E-state index contributed by atoms with van der Waals surface area (Å²) in [6, 6.07) is 2.00. The van der Waals surface area contributed by atoms with E-state index in [1.54, 1.807) is 7.05 Å². The van der Waals surface area contributed by atoms with Crippen molar-refractivity contribution in [2.45, 2.75) is 6.92 Å². The molecular weight excluding hydrogens is 196 g/mol. The summed E-state index contributed by atoms with van der Waals surface area (Å²) in [5.41, 5.74) is 6.40. The van der Waals surface area contributed by atoms with E-state index in [1.165, 1.54) is 0 Å². The first-order valence-electron chi connectivity index (χ1n) is 5.15. The van der Waals surface area contributed by atoms with Crippen molar-refractivity contribution in [1.82, 2.24) is 4.98 Å². The van der Waals surface area contributed by atoms with Crippen LogP contribution in [0.15, 0.2) is 42.1 Å². The molecule has 0 unspecified atom stereocenters. The Labute approximate surface area is 95.8 Å². The van der Waals surface area contributed by atoms with Crippen LogP contribution in [0.2, 0.25) is 0 Å². The van der Waals surface area contributed by atoms with Crippen molar-refractivity contribution >= 4 is 17.4 Å². The Morgan fingerprint density at radius 2 is 2.12 bits per heavy atom. The second-order valence-corrected chi connectivity index (χ2v) is 3.72. The molecule has 1 heterocycles. The number of fused-ring (bicyclic) bond motifs is 1. The topological polar surface area (TPSA) is 25.2 Å². The second-order valence-electron chi connectivity index (χ2n) is 3.72. The van der Waals surface area contributed by atoms with E-state index >= 15 is 0 Å². The molecule has 0 aromatic carbocycles. The highest BCUT2D eigenvalue weighted by Gasteiger charge is 2.23. The van der Waals surface area contributed by atoms with E-state index in [1.807, 2.05) is 31.5 Å². The molecular formula is C14H14N2. The number of aromatic nitrogens is 1. The average Bonchev–Trinajstić information content (AvgIpc) is 2.54. The van der Waals surface area contributed by atoms with Gasteiger partial charge in [-0.05, 0) is 29.7 Å². The van der Waals surface area contributed by atoms with Gasteiger partial charge in [-0.15, -0.1) is 0 Å². The molecule has 2 heteroatoms. The summed E-state index contributed by atoms with van der Waals surface area (Å²) in [4.78, 5) is 8.37. The van der Waals surface area contributed by atoms with Crippen molar-refractivity contribution in [3.63, 3.8) is 0 Å². The third-order valence-electron chi connectivity index (χ3n) is 2.81. The maximum absolute atomic E-state index is 4.30. The molecule has 0 N–H and O–H groups in total. The zero-order valence-electron chi connectivity index (χ0n) is 9.62. The van der Waals surface area contributed by atoms with Gasteiger partial charge in [-0.1, -0.05) is 19.2 Å². The van der Waals surface area contributed by atoms with Crippen LogP contribution in [0.25, 0.3) is 11.1 Å². The maximum atomic E-state index is 4.30. The largest absolute Gasteiger partial charge is 0.296 e. The third-order valence-corrected chi connectivity index (χ3v) is 2.81. The number of hydrogen-bond acceptors (Lipinski definition) is 2. The van der Waals surface area contributed by atoms with Crippen LogP contribution in [0.3, 0.4) is 0 Å². The Balaban J connectivity index is 2.74. The molecule has 0 spiro atoms. The van der Waals surface area contributed by atoms with Crippen LogP contribution in [-0.4, -0.2) is 18.2 Å². The minimum atomic E-state index is 0.987. The Hall–Kier alpha value is -1.96. The summed E-state index contributed by atoms with van der Waals surface area (Å²) >= 11 is 0. The Morgan fingerprint density at radius 3 is 2.75 bits per heavy atom. The highest BCUT2D eigenvalue weighted by atomic mass is 14.7. The monoisotopic (exact) mass is 210 g/mol. The van der Waals surface area contributed by atoms with Crippen molar-refractivity contribution < 1.29 is 0 Å². The summed E-state index contributed by atoms with van der Waals surface area (Å²) in [5, 5.41) is 0. The summed E-state index contributed by atoms with van der Waals surface area (Å²) < 4.78 is 0. The smallest absolute Gasteiger partial charge is 0.0457 e. The van der Waals surface area contributed by atoms with Gasteiger partial charge in [-0.3, -0.25) is 9.98 Å². The molecule has 0 bridgehead atoms.